The number of aromatic amines is 1. The van der Waals surface area contributed by atoms with E-state index in [0.717, 1.165) is 11.3 Å². The molecular formula is C12H13N3O2. The van der Waals surface area contributed by atoms with Crippen LogP contribution in [0.25, 0.3) is 11.3 Å². The van der Waals surface area contributed by atoms with Crippen LogP contribution in [0.15, 0.2) is 30.5 Å². The summed E-state index contributed by atoms with van der Waals surface area (Å²) in [5.74, 6) is -0.984. The van der Waals surface area contributed by atoms with E-state index in [1.165, 1.54) is 6.20 Å². The van der Waals surface area contributed by atoms with Crippen LogP contribution in [0.4, 0.5) is 5.69 Å². The van der Waals surface area contributed by atoms with Crippen molar-refractivity contribution in [1.82, 2.24) is 10.2 Å². The van der Waals surface area contributed by atoms with Crippen LogP contribution >= 0.6 is 0 Å². The maximum Gasteiger partial charge on any atom is 0.339 e. The zero-order chi connectivity index (χ0) is 12.4. The van der Waals surface area contributed by atoms with E-state index in [2.05, 4.69) is 10.2 Å². The van der Waals surface area contributed by atoms with Crippen molar-refractivity contribution in [2.45, 2.75) is 0 Å². The molecule has 5 nitrogen and oxygen atoms in total. The van der Waals surface area contributed by atoms with Crippen molar-refractivity contribution < 1.29 is 9.90 Å². The molecule has 0 radical (unpaired) electrons. The Labute approximate surface area is 98.7 Å². The number of aromatic nitrogens is 2. The second-order valence-corrected chi connectivity index (χ2v) is 3.88. The van der Waals surface area contributed by atoms with Gasteiger partial charge in [-0.15, -0.1) is 0 Å². The van der Waals surface area contributed by atoms with Gasteiger partial charge in [0.1, 0.15) is 5.56 Å². The Bertz CT molecular complexity index is 546. The summed E-state index contributed by atoms with van der Waals surface area (Å²) in [5.41, 5.74) is 2.48. The second-order valence-electron chi connectivity index (χ2n) is 3.88. The number of carboxylic acids is 1. The van der Waals surface area contributed by atoms with Crippen LogP contribution in [-0.2, 0) is 0 Å². The molecule has 0 amide bonds. The highest BCUT2D eigenvalue weighted by molar-refractivity contribution is 5.96. The van der Waals surface area contributed by atoms with Gasteiger partial charge < -0.3 is 10.0 Å². The standard InChI is InChI=1S/C12H13N3O2/c1-15(2)10-6-4-3-5-8(10)11-9(12(16)17)7-13-14-11/h3-7H,1-2H3,(H,13,14)(H,16,17). The average molecular weight is 231 g/mol. The number of H-pyrrole nitrogens is 1. The van der Waals surface area contributed by atoms with E-state index in [0.29, 0.717) is 5.69 Å². The first-order chi connectivity index (χ1) is 8.11. The van der Waals surface area contributed by atoms with Gasteiger partial charge in [0.2, 0.25) is 0 Å². The fraction of sp³-hybridized carbons (Fsp3) is 0.167. The fourth-order valence-electron chi connectivity index (χ4n) is 1.73. The number of hydrogen-bond acceptors (Lipinski definition) is 3. The minimum Gasteiger partial charge on any atom is -0.478 e. The van der Waals surface area contributed by atoms with Crippen LogP contribution in [0.2, 0.25) is 0 Å². The first-order valence-electron chi connectivity index (χ1n) is 5.14. The number of carboxylic acid groups (broad SMARTS) is 1. The third-order valence-corrected chi connectivity index (χ3v) is 2.52. The highest BCUT2D eigenvalue weighted by Gasteiger charge is 2.16. The normalized spacial score (nSPS) is 10.2. The monoisotopic (exact) mass is 231 g/mol. The maximum absolute atomic E-state index is 11.1. The average Bonchev–Trinajstić information content (AvgIpc) is 2.77. The Morgan fingerprint density at radius 3 is 2.71 bits per heavy atom. The topological polar surface area (TPSA) is 69.2 Å². The smallest absolute Gasteiger partial charge is 0.339 e. The van der Waals surface area contributed by atoms with E-state index in [1.54, 1.807) is 0 Å². The lowest BCUT2D eigenvalue weighted by Gasteiger charge is -2.16. The quantitative estimate of drug-likeness (QED) is 0.845. The summed E-state index contributed by atoms with van der Waals surface area (Å²) < 4.78 is 0. The molecule has 0 aliphatic rings. The summed E-state index contributed by atoms with van der Waals surface area (Å²) in [6.45, 7) is 0. The number of para-hydroxylation sites is 1. The number of benzene rings is 1. The van der Waals surface area contributed by atoms with Crippen molar-refractivity contribution in [3.8, 4) is 11.3 Å². The number of hydrogen-bond donors (Lipinski definition) is 2. The zero-order valence-corrected chi connectivity index (χ0v) is 9.64. The fourth-order valence-corrected chi connectivity index (χ4v) is 1.73. The molecule has 0 unspecified atom stereocenters. The van der Waals surface area contributed by atoms with Crippen LogP contribution in [0.5, 0.6) is 0 Å². The van der Waals surface area contributed by atoms with E-state index in [4.69, 9.17) is 5.11 Å². The predicted octanol–water partition coefficient (Wildman–Crippen LogP) is 1.84. The molecule has 1 aromatic carbocycles. The summed E-state index contributed by atoms with van der Waals surface area (Å²) in [7, 11) is 3.82. The van der Waals surface area contributed by atoms with Gasteiger partial charge in [-0.05, 0) is 6.07 Å². The lowest BCUT2D eigenvalue weighted by molar-refractivity contribution is 0.0698. The van der Waals surface area contributed by atoms with Gasteiger partial charge in [-0.1, -0.05) is 18.2 Å². The molecular weight excluding hydrogens is 218 g/mol. The largest absolute Gasteiger partial charge is 0.478 e. The Kier molecular flexibility index (Phi) is 2.82. The molecule has 0 fully saturated rings. The van der Waals surface area contributed by atoms with Gasteiger partial charge in [-0.3, -0.25) is 5.10 Å². The van der Waals surface area contributed by atoms with Crippen LogP contribution in [0, 0.1) is 0 Å². The highest BCUT2D eigenvalue weighted by atomic mass is 16.4. The number of rotatable bonds is 3. The molecule has 0 atom stereocenters. The minimum atomic E-state index is -0.984. The third-order valence-electron chi connectivity index (χ3n) is 2.52. The van der Waals surface area contributed by atoms with Crippen LogP contribution in [0.1, 0.15) is 10.4 Å². The van der Waals surface area contributed by atoms with Gasteiger partial charge in [0.25, 0.3) is 0 Å². The molecule has 1 heterocycles. The summed E-state index contributed by atoms with van der Waals surface area (Å²) >= 11 is 0. The van der Waals surface area contributed by atoms with Crippen LogP contribution < -0.4 is 4.90 Å². The summed E-state index contributed by atoms with van der Waals surface area (Å²) in [6, 6.07) is 7.58. The Balaban J connectivity index is 2.60. The van der Waals surface area contributed by atoms with E-state index in [1.807, 2.05) is 43.3 Å². The summed E-state index contributed by atoms with van der Waals surface area (Å²) in [6.07, 6.45) is 1.32. The second kappa shape index (κ2) is 4.29. The first kappa shape index (κ1) is 11.2. The lowest BCUT2D eigenvalue weighted by atomic mass is 10.1. The molecule has 2 rings (SSSR count). The van der Waals surface area contributed by atoms with Crippen molar-refractivity contribution in [1.29, 1.82) is 0 Å². The van der Waals surface area contributed by atoms with Crippen molar-refractivity contribution in [2.24, 2.45) is 0 Å². The SMILES string of the molecule is CN(C)c1ccccc1-c1[nH]ncc1C(=O)O. The third kappa shape index (κ3) is 1.99. The van der Waals surface area contributed by atoms with Crippen LogP contribution in [0.3, 0.4) is 0 Å². The summed E-state index contributed by atoms with van der Waals surface area (Å²) in [4.78, 5) is 13.0. The minimum absolute atomic E-state index is 0.180. The summed E-state index contributed by atoms with van der Waals surface area (Å²) in [5, 5.41) is 15.6. The van der Waals surface area contributed by atoms with Gasteiger partial charge in [0.15, 0.2) is 0 Å². The van der Waals surface area contributed by atoms with E-state index in [9.17, 15) is 4.79 Å². The number of nitrogens with zero attached hydrogens (tertiary/aromatic N) is 2. The van der Waals surface area contributed by atoms with E-state index in [-0.39, 0.29) is 5.56 Å². The highest BCUT2D eigenvalue weighted by Crippen LogP contribution is 2.30. The molecule has 0 bridgehead atoms. The van der Waals surface area contributed by atoms with Crippen molar-refractivity contribution in [3.63, 3.8) is 0 Å². The van der Waals surface area contributed by atoms with Gasteiger partial charge in [-0.2, -0.15) is 5.10 Å². The number of aromatic carboxylic acids is 1. The van der Waals surface area contributed by atoms with Crippen molar-refractivity contribution in [2.75, 3.05) is 19.0 Å². The first-order valence-corrected chi connectivity index (χ1v) is 5.14. The molecule has 0 aliphatic carbocycles. The van der Waals surface area contributed by atoms with E-state index < -0.39 is 5.97 Å². The zero-order valence-electron chi connectivity index (χ0n) is 9.64. The molecule has 2 N–H and O–H groups in total. The molecule has 17 heavy (non-hydrogen) atoms. The number of carbonyl (C=O) groups is 1. The van der Waals surface area contributed by atoms with Gasteiger partial charge in [0, 0.05) is 25.3 Å². The molecule has 0 spiro atoms. The maximum atomic E-state index is 11.1. The Hall–Kier alpha value is -2.30. The molecule has 5 heteroatoms. The molecule has 0 saturated heterocycles. The van der Waals surface area contributed by atoms with Gasteiger partial charge >= 0.3 is 5.97 Å². The molecule has 88 valence electrons. The predicted molar refractivity (Wildman–Crippen MR) is 65.3 cm³/mol. The molecule has 0 aliphatic heterocycles. The number of anilines is 1. The van der Waals surface area contributed by atoms with Crippen molar-refractivity contribution >= 4 is 11.7 Å². The lowest BCUT2D eigenvalue weighted by Crippen LogP contribution is -2.10. The molecule has 2 aromatic rings. The Morgan fingerprint density at radius 1 is 1.35 bits per heavy atom. The Morgan fingerprint density at radius 2 is 2.06 bits per heavy atom. The van der Waals surface area contributed by atoms with Crippen LogP contribution in [-0.4, -0.2) is 35.4 Å². The van der Waals surface area contributed by atoms with Gasteiger partial charge in [0.05, 0.1) is 11.9 Å². The van der Waals surface area contributed by atoms with E-state index >= 15 is 0 Å². The molecule has 0 saturated carbocycles. The van der Waals surface area contributed by atoms with Gasteiger partial charge in [-0.25, -0.2) is 4.79 Å². The number of nitrogens with one attached hydrogen (secondary N) is 1. The van der Waals surface area contributed by atoms with Crippen molar-refractivity contribution in [3.05, 3.63) is 36.0 Å². The molecule has 1 aromatic heterocycles.